The van der Waals surface area contributed by atoms with Crippen molar-refractivity contribution in [1.29, 1.82) is 0 Å². The number of hydrogen-bond donors (Lipinski definition) is 1. The topological polar surface area (TPSA) is 38.3 Å². The number of amides is 1. The maximum absolute atomic E-state index is 12.1. The number of carbonyl (C=O) groups is 1. The van der Waals surface area contributed by atoms with Gasteiger partial charge in [-0.05, 0) is 97.7 Å². The third-order valence-corrected chi connectivity index (χ3v) is 11.1. The van der Waals surface area contributed by atoms with Crippen LogP contribution in [0.15, 0.2) is 11.6 Å². The normalized spacial score (nSPS) is 40.1. The summed E-state index contributed by atoms with van der Waals surface area (Å²) in [6, 6.07) is 0. The summed E-state index contributed by atoms with van der Waals surface area (Å²) >= 11 is 0. The maximum Gasteiger partial charge on any atom is 0.407 e. The Kier molecular flexibility index (Phi) is 8.10. The van der Waals surface area contributed by atoms with E-state index in [9.17, 15) is 4.79 Å². The van der Waals surface area contributed by atoms with Gasteiger partial charge in [0.1, 0.15) is 6.10 Å². The Bertz CT molecular complexity index is 744. The van der Waals surface area contributed by atoms with E-state index in [1.165, 1.54) is 57.8 Å². The van der Waals surface area contributed by atoms with E-state index in [2.05, 4.69) is 52.9 Å². The lowest BCUT2D eigenvalue weighted by molar-refractivity contribution is -0.0581. The summed E-state index contributed by atoms with van der Waals surface area (Å²) in [5, 5.41) is 2.89. The number of alkyl carbamates (subject to hydrolysis) is 1. The predicted octanol–water partition coefficient (Wildman–Crippen LogP) is 8.53. The quantitative estimate of drug-likeness (QED) is 0.360. The van der Waals surface area contributed by atoms with Gasteiger partial charge < -0.3 is 10.1 Å². The van der Waals surface area contributed by atoms with Gasteiger partial charge in [-0.2, -0.15) is 0 Å². The van der Waals surface area contributed by atoms with Crippen molar-refractivity contribution in [3.8, 4) is 0 Å². The highest BCUT2D eigenvalue weighted by Gasteiger charge is 2.59. The van der Waals surface area contributed by atoms with Crippen LogP contribution in [0.1, 0.15) is 119 Å². The largest absolute Gasteiger partial charge is 0.446 e. The molecule has 0 radical (unpaired) electrons. The third-order valence-electron chi connectivity index (χ3n) is 11.1. The average Bonchev–Trinajstić information content (AvgIpc) is 3.15. The molecule has 0 aromatic rings. The van der Waals surface area contributed by atoms with Crippen molar-refractivity contribution >= 4 is 6.09 Å². The molecule has 194 valence electrons. The van der Waals surface area contributed by atoms with Crippen molar-refractivity contribution in [3.63, 3.8) is 0 Å². The maximum atomic E-state index is 12.1. The number of hydrogen-bond acceptors (Lipinski definition) is 2. The van der Waals surface area contributed by atoms with Gasteiger partial charge in [0.15, 0.2) is 0 Å². The van der Waals surface area contributed by atoms with Crippen LogP contribution in [0.25, 0.3) is 0 Å². The van der Waals surface area contributed by atoms with E-state index in [1.807, 2.05) is 0 Å². The Morgan fingerprint density at radius 3 is 2.62 bits per heavy atom. The number of fused-ring (bicyclic) bond motifs is 5. The van der Waals surface area contributed by atoms with Crippen LogP contribution in [0.3, 0.4) is 0 Å². The van der Waals surface area contributed by atoms with Crippen LogP contribution >= 0.6 is 0 Å². The molecule has 3 heteroatoms. The molecule has 3 fully saturated rings. The SMILES string of the molecule is CCCNC(=O)O[C@H]1CC[C@@]2(C)C(=CCC3C4CCC(C(C)CCCC(C)C)[C@@]4(C)CCC32)C1. The van der Waals surface area contributed by atoms with Gasteiger partial charge in [0.2, 0.25) is 0 Å². The smallest absolute Gasteiger partial charge is 0.407 e. The molecule has 5 unspecified atom stereocenters. The van der Waals surface area contributed by atoms with E-state index in [1.54, 1.807) is 5.57 Å². The number of carbonyl (C=O) groups excluding carboxylic acids is 1. The van der Waals surface area contributed by atoms with Crippen LogP contribution in [-0.4, -0.2) is 18.7 Å². The standard InChI is InChI=1S/C31H53NO2/c1-7-19-32-29(33)34-24-15-17-30(5)23(20-24)11-12-25-27-14-13-26(22(4)10-8-9-21(2)3)31(27,6)18-16-28(25)30/h11,21-22,24-28H,7-10,12-20H2,1-6H3,(H,32,33)/t22?,24-,25?,26?,27?,28?,30-,31+/m0/s1. The molecule has 1 amide bonds. The molecule has 0 aliphatic heterocycles. The Hall–Kier alpha value is -0.990. The molecule has 4 rings (SSSR count). The molecule has 8 atom stereocenters. The molecule has 4 aliphatic rings. The first kappa shape index (κ1) is 26.1. The molecule has 4 aliphatic carbocycles. The highest BCUT2D eigenvalue weighted by Crippen LogP contribution is 2.67. The predicted molar refractivity (Wildman–Crippen MR) is 142 cm³/mol. The Labute approximate surface area is 210 Å². The summed E-state index contributed by atoms with van der Waals surface area (Å²) < 4.78 is 5.81. The minimum Gasteiger partial charge on any atom is -0.446 e. The fourth-order valence-corrected chi connectivity index (χ4v) is 9.17. The highest BCUT2D eigenvalue weighted by atomic mass is 16.6. The summed E-state index contributed by atoms with van der Waals surface area (Å²) in [5.41, 5.74) is 2.48. The zero-order valence-electron chi connectivity index (χ0n) is 23.1. The Balaban J connectivity index is 1.41. The van der Waals surface area contributed by atoms with Crippen molar-refractivity contribution in [2.24, 2.45) is 46.3 Å². The van der Waals surface area contributed by atoms with E-state index in [4.69, 9.17) is 4.74 Å². The van der Waals surface area contributed by atoms with E-state index >= 15 is 0 Å². The molecule has 0 bridgehead atoms. The van der Waals surface area contributed by atoms with Gasteiger partial charge in [0.05, 0.1) is 0 Å². The molecule has 0 saturated heterocycles. The van der Waals surface area contributed by atoms with Crippen molar-refractivity contribution in [2.75, 3.05) is 6.54 Å². The lowest BCUT2D eigenvalue weighted by Gasteiger charge is -2.58. The van der Waals surface area contributed by atoms with Crippen LogP contribution in [0.4, 0.5) is 4.79 Å². The highest BCUT2D eigenvalue weighted by molar-refractivity contribution is 5.67. The molecular formula is C31H53NO2. The fraction of sp³-hybridized carbons (Fsp3) is 0.903. The van der Waals surface area contributed by atoms with Crippen molar-refractivity contribution in [2.45, 2.75) is 125 Å². The third kappa shape index (κ3) is 4.96. The molecule has 3 saturated carbocycles. The van der Waals surface area contributed by atoms with Crippen LogP contribution < -0.4 is 5.32 Å². The summed E-state index contributed by atoms with van der Waals surface area (Å²) in [5.74, 6) is 5.25. The molecule has 0 heterocycles. The van der Waals surface area contributed by atoms with Crippen LogP contribution in [0.5, 0.6) is 0 Å². The van der Waals surface area contributed by atoms with Gasteiger partial charge in [-0.3, -0.25) is 0 Å². The van der Waals surface area contributed by atoms with Gasteiger partial charge in [0.25, 0.3) is 0 Å². The number of ether oxygens (including phenoxy) is 1. The van der Waals surface area contributed by atoms with Gasteiger partial charge in [-0.25, -0.2) is 4.79 Å². The molecule has 1 N–H and O–H groups in total. The lowest BCUT2D eigenvalue weighted by atomic mass is 9.47. The molecule has 34 heavy (non-hydrogen) atoms. The lowest BCUT2D eigenvalue weighted by Crippen LogP contribution is -2.51. The second-order valence-corrected chi connectivity index (χ2v) is 13.5. The summed E-state index contributed by atoms with van der Waals surface area (Å²) in [7, 11) is 0. The number of nitrogens with one attached hydrogen (secondary N) is 1. The number of rotatable bonds is 8. The van der Waals surface area contributed by atoms with Crippen LogP contribution in [0, 0.1) is 46.3 Å². The first-order valence-electron chi connectivity index (χ1n) is 14.8. The zero-order chi connectivity index (χ0) is 24.5. The molecular weight excluding hydrogens is 418 g/mol. The van der Waals surface area contributed by atoms with Crippen molar-refractivity contribution < 1.29 is 9.53 Å². The van der Waals surface area contributed by atoms with Crippen LogP contribution in [0.2, 0.25) is 0 Å². The van der Waals surface area contributed by atoms with E-state index in [0.29, 0.717) is 17.4 Å². The fourth-order valence-electron chi connectivity index (χ4n) is 9.17. The van der Waals surface area contributed by atoms with Crippen molar-refractivity contribution in [3.05, 3.63) is 11.6 Å². The van der Waals surface area contributed by atoms with Crippen molar-refractivity contribution in [1.82, 2.24) is 5.32 Å². The molecule has 0 aromatic carbocycles. The summed E-state index contributed by atoms with van der Waals surface area (Å²) in [4.78, 5) is 12.1. The first-order valence-corrected chi connectivity index (χ1v) is 14.8. The average molecular weight is 472 g/mol. The van der Waals surface area contributed by atoms with Gasteiger partial charge in [-0.15, -0.1) is 0 Å². The first-order chi connectivity index (χ1) is 16.2. The van der Waals surface area contributed by atoms with E-state index in [0.717, 1.165) is 54.8 Å². The van der Waals surface area contributed by atoms with Crippen LogP contribution in [-0.2, 0) is 4.74 Å². The monoisotopic (exact) mass is 471 g/mol. The van der Waals surface area contributed by atoms with E-state index < -0.39 is 0 Å². The summed E-state index contributed by atoms with van der Waals surface area (Å²) in [6.45, 7) is 15.3. The minimum atomic E-state index is -0.224. The van der Waals surface area contributed by atoms with Gasteiger partial charge in [0, 0.05) is 13.0 Å². The molecule has 0 aromatic heterocycles. The summed E-state index contributed by atoms with van der Waals surface area (Å²) in [6.07, 6.45) is 17.8. The molecule has 0 spiro atoms. The molecule has 3 nitrogen and oxygen atoms in total. The Morgan fingerprint density at radius 1 is 1.09 bits per heavy atom. The Morgan fingerprint density at radius 2 is 1.88 bits per heavy atom. The second kappa shape index (κ2) is 10.6. The van der Waals surface area contributed by atoms with Gasteiger partial charge >= 0.3 is 6.09 Å². The minimum absolute atomic E-state index is 0.0594. The second-order valence-electron chi connectivity index (χ2n) is 13.5. The zero-order valence-corrected chi connectivity index (χ0v) is 23.1. The number of allylic oxidation sites excluding steroid dienone is 1. The van der Waals surface area contributed by atoms with Gasteiger partial charge in [-0.1, -0.05) is 72.5 Å². The van der Waals surface area contributed by atoms with E-state index in [-0.39, 0.29) is 12.2 Å².